The first-order valence-electron chi connectivity index (χ1n) is 14.6. The first-order valence-corrected chi connectivity index (χ1v) is 14.6. The highest BCUT2D eigenvalue weighted by Crippen LogP contribution is 2.44. The number of nitrogens with zero attached hydrogens (tertiary/aromatic N) is 6. The maximum absolute atomic E-state index is 4.76. The molecule has 0 radical (unpaired) electrons. The van der Waals surface area contributed by atoms with Gasteiger partial charge >= 0.3 is 0 Å². The van der Waals surface area contributed by atoms with Crippen molar-refractivity contribution < 1.29 is 0 Å². The van der Waals surface area contributed by atoms with E-state index in [4.69, 9.17) is 19.9 Å². The summed E-state index contributed by atoms with van der Waals surface area (Å²) in [6.07, 6.45) is 7.19. The molecule has 0 unspecified atom stereocenters. The minimum Gasteiger partial charge on any atom is -0.306 e. The molecule has 4 aromatic heterocycles. The summed E-state index contributed by atoms with van der Waals surface area (Å²) in [6, 6.07) is 42.2. The second-order valence-electron chi connectivity index (χ2n) is 10.7. The molecular formula is C38H24N6. The Balaban J connectivity index is 1.57. The molecule has 0 aliphatic heterocycles. The van der Waals surface area contributed by atoms with Gasteiger partial charge in [0.05, 0.1) is 33.4 Å². The number of benzene rings is 5. The van der Waals surface area contributed by atoms with E-state index in [-0.39, 0.29) is 0 Å². The third kappa shape index (κ3) is 3.55. The molecule has 0 aliphatic rings. The van der Waals surface area contributed by atoms with Crippen LogP contribution in [0.5, 0.6) is 0 Å². The van der Waals surface area contributed by atoms with E-state index in [0.29, 0.717) is 11.6 Å². The van der Waals surface area contributed by atoms with Crippen LogP contribution in [-0.4, -0.2) is 29.1 Å². The SMILES string of the molecule is c1cnc(-c2ccc(-c3ncccn3)c(-n3c4ccccc4c4ccccc43)c2-n2c3ccccc3c3ccccc32)nc1. The van der Waals surface area contributed by atoms with Crippen molar-refractivity contribution in [3.63, 3.8) is 0 Å². The molecule has 0 N–H and O–H groups in total. The summed E-state index contributed by atoms with van der Waals surface area (Å²) in [4.78, 5) is 19.1. The van der Waals surface area contributed by atoms with E-state index in [1.807, 2.05) is 12.1 Å². The molecule has 9 rings (SSSR count). The molecule has 9 aromatic rings. The molecular weight excluding hydrogens is 540 g/mol. The molecule has 0 amide bonds. The highest BCUT2D eigenvalue weighted by atomic mass is 15.1. The zero-order valence-electron chi connectivity index (χ0n) is 23.5. The average Bonchev–Trinajstić information content (AvgIpc) is 3.61. The summed E-state index contributed by atoms with van der Waals surface area (Å²) in [7, 11) is 0. The highest BCUT2D eigenvalue weighted by Gasteiger charge is 2.26. The van der Waals surface area contributed by atoms with E-state index in [2.05, 4.69) is 118 Å². The molecule has 0 saturated heterocycles. The van der Waals surface area contributed by atoms with Gasteiger partial charge in [-0.15, -0.1) is 0 Å². The normalized spacial score (nSPS) is 11.6. The van der Waals surface area contributed by atoms with E-state index >= 15 is 0 Å². The molecule has 0 saturated carbocycles. The van der Waals surface area contributed by atoms with E-state index in [0.717, 1.165) is 44.6 Å². The Labute approximate surface area is 252 Å². The van der Waals surface area contributed by atoms with Crippen molar-refractivity contribution in [2.45, 2.75) is 0 Å². The van der Waals surface area contributed by atoms with Crippen LogP contribution in [0.15, 0.2) is 146 Å². The van der Waals surface area contributed by atoms with Gasteiger partial charge in [0, 0.05) is 57.5 Å². The molecule has 206 valence electrons. The summed E-state index contributed by atoms with van der Waals surface area (Å²) < 4.78 is 4.73. The first kappa shape index (κ1) is 24.5. The monoisotopic (exact) mass is 564 g/mol. The van der Waals surface area contributed by atoms with Gasteiger partial charge in [0.1, 0.15) is 0 Å². The Bertz CT molecular complexity index is 2210. The smallest absolute Gasteiger partial charge is 0.161 e. The minimum atomic E-state index is 0.645. The average molecular weight is 565 g/mol. The van der Waals surface area contributed by atoms with Crippen molar-refractivity contribution >= 4 is 43.6 Å². The number of hydrogen-bond acceptors (Lipinski definition) is 4. The molecule has 6 nitrogen and oxygen atoms in total. The lowest BCUT2D eigenvalue weighted by Crippen LogP contribution is -2.09. The van der Waals surface area contributed by atoms with Gasteiger partial charge in [0.2, 0.25) is 0 Å². The summed E-state index contributed by atoms with van der Waals surface area (Å²) in [5.74, 6) is 1.29. The van der Waals surface area contributed by atoms with Crippen molar-refractivity contribution in [3.05, 3.63) is 146 Å². The second-order valence-corrected chi connectivity index (χ2v) is 10.7. The van der Waals surface area contributed by atoms with Crippen LogP contribution < -0.4 is 0 Å². The fraction of sp³-hybridized carbons (Fsp3) is 0. The lowest BCUT2D eigenvalue weighted by molar-refractivity contribution is 1.07. The standard InChI is InChI=1S/C38H24N6/c1-5-15-31-25(11-1)26-12-2-6-16-32(26)43(31)35-29(37-39-21-9-22-40-37)19-20-30(38-41-23-10-24-42-38)36(35)44-33-17-7-3-13-27(33)28-14-4-8-18-34(28)44/h1-24H. The number of para-hydroxylation sites is 4. The van der Waals surface area contributed by atoms with Crippen LogP contribution in [0, 0.1) is 0 Å². The summed E-state index contributed by atoms with van der Waals surface area (Å²) >= 11 is 0. The van der Waals surface area contributed by atoms with Crippen molar-refractivity contribution in [3.8, 4) is 34.2 Å². The van der Waals surface area contributed by atoms with Crippen molar-refractivity contribution in [2.75, 3.05) is 0 Å². The Morgan fingerprint density at radius 2 is 0.614 bits per heavy atom. The number of rotatable bonds is 4. The van der Waals surface area contributed by atoms with Crippen LogP contribution in [0.4, 0.5) is 0 Å². The third-order valence-electron chi connectivity index (χ3n) is 8.37. The van der Waals surface area contributed by atoms with E-state index in [1.165, 1.54) is 21.5 Å². The lowest BCUT2D eigenvalue weighted by atomic mass is 10.0. The molecule has 5 aromatic carbocycles. The predicted molar refractivity (Wildman–Crippen MR) is 177 cm³/mol. The van der Waals surface area contributed by atoms with Gasteiger partial charge in [-0.1, -0.05) is 72.8 Å². The summed E-state index contributed by atoms with van der Waals surface area (Å²) in [6.45, 7) is 0. The maximum Gasteiger partial charge on any atom is 0.161 e. The van der Waals surface area contributed by atoms with E-state index < -0.39 is 0 Å². The Hall–Kier alpha value is -6.14. The number of hydrogen-bond donors (Lipinski definition) is 0. The van der Waals surface area contributed by atoms with Crippen LogP contribution in [0.2, 0.25) is 0 Å². The van der Waals surface area contributed by atoms with E-state index in [1.54, 1.807) is 24.8 Å². The van der Waals surface area contributed by atoms with Crippen molar-refractivity contribution in [1.82, 2.24) is 29.1 Å². The van der Waals surface area contributed by atoms with Gasteiger partial charge in [-0.2, -0.15) is 0 Å². The topological polar surface area (TPSA) is 61.4 Å². The molecule has 0 fully saturated rings. The van der Waals surface area contributed by atoms with Gasteiger partial charge < -0.3 is 9.13 Å². The van der Waals surface area contributed by atoms with Gasteiger partial charge in [-0.3, -0.25) is 0 Å². The Kier molecular flexibility index (Phi) is 5.40. The molecule has 6 heteroatoms. The van der Waals surface area contributed by atoms with E-state index in [9.17, 15) is 0 Å². The molecule has 4 heterocycles. The Morgan fingerprint density at radius 1 is 0.318 bits per heavy atom. The molecule has 0 spiro atoms. The van der Waals surface area contributed by atoms with Crippen LogP contribution in [-0.2, 0) is 0 Å². The number of aromatic nitrogens is 6. The van der Waals surface area contributed by atoms with Crippen LogP contribution >= 0.6 is 0 Å². The third-order valence-corrected chi connectivity index (χ3v) is 8.37. The minimum absolute atomic E-state index is 0.645. The first-order chi connectivity index (χ1) is 21.9. The largest absolute Gasteiger partial charge is 0.306 e. The van der Waals surface area contributed by atoms with Crippen molar-refractivity contribution in [2.24, 2.45) is 0 Å². The lowest BCUT2D eigenvalue weighted by Gasteiger charge is -2.22. The molecule has 44 heavy (non-hydrogen) atoms. The number of fused-ring (bicyclic) bond motifs is 6. The highest BCUT2D eigenvalue weighted by molar-refractivity contribution is 6.13. The predicted octanol–water partition coefficient (Wildman–Crippen LogP) is 8.79. The van der Waals surface area contributed by atoms with Gasteiger partial charge in [0.15, 0.2) is 11.6 Å². The van der Waals surface area contributed by atoms with Crippen LogP contribution in [0.3, 0.4) is 0 Å². The maximum atomic E-state index is 4.76. The molecule has 0 aliphatic carbocycles. The van der Waals surface area contributed by atoms with Crippen LogP contribution in [0.25, 0.3) is 77.8 Å². The quantitative estimate of drug-likeness (QED) is 0.214. The second kappa shape index (κ2) is 9.71. The Morgan fingerprint density at radius 3 is 0.932 bits per heavy atom. The molecule has 0 atom stereocenters. The van der Waals surface area contributed by atoms with Crippen LogP contribution in [0.1, 0.15) is 0 Å². The van der Waals surface area contributed by atoms with Gasteiger partial charge in [-0.25, -0.2) is 19.9 Å². The molecule has 0 bridgehead atoms. The van der Waals surface area contributed by atoms with Gasteiger partial charge in [0.25, 0.3) is 0 Å². The zero-order valence-corrected chi connectivity index (χ0v) is 23.5. The van der Waals surface area contributed by atoms with Gasteiger partial charge in [-0.05, 0) is 48.5 Å². The summed E-state index contributed by atoms with van der Waals surface area (Å²) in [5.41, 5.74) is 8.13. The zero-order chi connectivity index (χ0) is 29.0. The summed E-state index contributed by atoms with van der Waals surface area (Å²) in [5, 5.41) is 4.71. The fourth-order valence-electron chi connectivity index (χ4n) is 6.60. The fourth-order valence-corrected chi connectivity index (χ4v) is 6.60. The van der Waals surface area contributed by atoms with Crippen molar-refractivity contribution in [1.29, 1.82) is 0 Å².